The molecule has 0 unspecified atom stereocenters. The lowest BCUT2D eigenvalue weighted by molar-refractivity contribution is -0.385. The number of carbonyl (C=O) groups is 1. The molecule has 1 fully saturated rings. The number of benzene rings is 1. The third-order valence-corrected chi connectivity index (χ3v) is 3.75. The standard InChI is InChI=1S/C16H22N2O4/c1-10-7-14(18(20)21)11(2)6-13(10)12-8-17(9-12)15(19)22-16(3,4)5/h6-7,12H,8-9H2,1-5H3. The number of nitro groups is 1. The van der Waals surface area contributed by atoms with Gasteiger partial charge in [0.05, 0.1) is 4.92 Å². The fourth-order valence-electron chi connectivity index (χ4n) is 2.61. The van der Waals surface area contributed by atoms with Crippen LogP contribution < -0.4 is 0 Å². The summed E-state index contributed by atoms with van der Waals surface area (Å²) in [6, 6.07) is 3.48. The van der Waals surface area contributed by atoms with E-state index in [9.17, 15) is 14.9 Å². The van der Waals surface area contributed by atoms with Gasteiger partial charge < -0.3 is 9.64 Å². The highest BCUT2D eigenvalue weighted by molar-refractivity contribution is 5.69. The summed E-state index contributed by atoms with van der Waals surface area (Å²) in [4.78, 5) is 24.2. The highest BCUT2D eigenvalue weighted by Crippen LogP contribution is 2.33. The van der Waals surface area contributed by atoms with Gasteiger partial charge in [0.15, 0.2) is 0 Å². The van der Waals surface area contributed by atoms with Crippen molar-refractivity contribution >= 4 is 11.8 Å². The maximum absolute atomic E-state index is 11.9. The van der Waals surface area contributed by atoms with Crippen LogP contribution in [0.15, 0.2) is 12.1 Å². The lowest BCUT2D eigenvalue weighted by Gasteiger charge is -2.40. The van der Waals surface area contributed by atoms with Crippen LogP contribution in [0.3, 0.4) is 0 Å². The molecule has 0 spiro atoms. The fourth-order valence-corrected chi connectivity index (χ4v) is 2.61. The van der Waals surface area contributed by atoms with Gasteiger partial charge in [-0.3, -0.25) is 10.1 Å². The Morgan fingerprint density at radius 1 is 1.27 bits per heavy atom. The monoisotopic (exact) mass is 306 g/mol. The highest BCUT2D eigenvalue weighted by atomic mass is 16.6. The van der Waals surface area contributed by atoms with Gasteiger partial charge in [-0.05, 0) is 51.8 Å². The zero-order valence-electron chi connectivity index (χ0n) is 13.7. The number of hydrogen-bond acceptors (Lipinski definition) is 4. The van der Waals surface area contributed by atoms with Crippen molar-refractivity contribution in [1.29, 1.82) is 0 Å². The molecule has 0 N–H and O–H groups in total. The lowest BCUT2D eigenvalue weighted by Crippen LogP contribution is -2.50. The van der Waals surface area contributed by atoms with Crippen LogP contribution in [0.4, 0.5) is 10.5 Å². The van der Waals surface area contributed by atoms with Crippen LogP contribution in [0.25, 0.3) is 0 Å². The van der Waals surface area contributed by atoms with Gasteiger partial charge in [0.2, 0.25) is 0 Å². The molecule has 0 radical (unpaired) electrons. The maximum atomic E-state index is 11.9. The Kier molecular flexibility index (Phi) is 4.13. The molecule has 1 saturated heterocycles. The fraction of sp³-hybridized carbons (Fsp3) is 0.562. The topological polar surface area (TPSA) is 72.7 Å². The summed E-state index contributed by atoms with van der Waals surface area (Å²) >= 11 is 0. The summed E-state index contributed by atoms with van der Waals surface area (Å²) in [5.41, 5.74) is 2.27. The molecule has 0 bridgehead atoms. The van der Waals surface area contributed by atoms with Crippen molar-refractivity contribution < 1.29 is 14.5 Å². The van der Waals surface area contributed by atoms with E-state index in [4.69, 9.17) is 4.74 Å². The minimum atomic E-state index is -0.498. The Bertz CT molecular complexity index is 613. The third-order valence-electron chi connectivity index (χ3n) is 3.75. The van der Waals surface area contributed by atoms with Crippen LogP contribution >= 0.6 is 0 Å². The van der Waals surface area contributed by atoms with Gasteiger partial charge in [-0.25, -0.2) is 4.79 Å². The molecule has 0 aromatic heterocycles. The molecule has 0 atom stereocenters. The number of nitrogens with zero attached hydrogens (tertiary/aromatic N) is 2. The molecule has 1 amide bonds. The first-order valence-corrected chi connectivity index (χ1v) is 7.32. The number of amides is 1. The van der Waals surface area contributed by atoms with Gasteiger partial charge in [-0.1, -0.05) is 0 Å². The van der Waals surface area contributed by atoms with Crippen LogP contribution in [0.5, 0.6) is 0 Å². The van der Waals surface area contributed by atoms with Gasteiger partial charge in [0.1, 0.15) is 5.60 Å². The van der Waals surface area contributed by atoms with E-state index >= 15 is 0 Å². The molecule has 1 aromatic carbocycles. The van der Waals surface area contributed by atoms with Crippen LogP contribution in [0.1, 0.15) is 43.4 Å². The molecular weight excluding hydrogens is 284 g/mol. The molecular formula is C16H22N2O4. The third kappa shape index (κ3) is 3.37. The Morgan fingerprint density at radius 2 is 1.86 bits per heavy atom. The first-order chi connectivity index (χ1) is 10.1. The number of nitro benzene ring substituents is 1. The average molecular weight is 306 g/mol. The van der Waals surface area contributed by atoms with E-state index in [1.165, 1.54) is 0 Å². The van der Waals surface area contributed by atoms with Crippen molar-refractivity contribution in [3.8, 4) is 0 Å². The quantitative estimate of drug-likeness (QED) is 0.618. The normalized spacial score (nSPS) is 15.4. The second-order valence-corrected chi connectivity index (χ2v) is 6.83. The van der Waals surface area contributed by atoms with Crippen molar-refractivity contribution in [1.82, 2.24) is 4.90 Å². The molecule has 6 nitrogen and oxygen atoms in total. The summed E-state index contributed by atoms with van der Waals surface area (Å²) < 4.78 is 5.33. The first-order valence-electron chi connectivity index (χ1n) is 7.32. The van der Waals surface area contributed by atoms with E-state index in [1.807, 2.05) is 33.8 Å². The number of likely N-dealkylation sites (tertiary alicyclic amines) is 1. The predicted molar refractivity (Wildman–Crippen MR) is 83.1 cm³/mol. The zero-order valence-corrected chi connectivity index (χ0v) is 13.7. The van der Waals surface area contributed by atoms with E-state index in [-0.39, 0.29) is 22.6 Å². The average Bonchev–Trinajstić information content (AvgIpc) is 2.28. The molecule has 1 heterocycles. The smallest absolute Gasteiger partial charge is 0.410 e. The highest BCUT2D eigenvalue weighted by Gasteiger charge is 2.35. The summed E-state index contributed by atoms with van der Waals surface area (Å²) in [6.45, 7) is 10.3. The van der Waals surface area contributed by atoms with Gasteiger partial charge in [-0.2, -0.15) is 0 Å². The second-order valence-electron chi connectivity index (χ2n) is 6.83. The molecule has 0 saturated carbocycles. The minimum Gasteiger partial charge on any atom is -0.444 e. The largest absolute Gasteiger partial charge is 0.444 e. The Balaban J connectivity index is 2.06. The molecule has 1 aromatic rings. The van der Waals surface area contributed by atoms with E-state index in [1.54, 1.807) is 17.9 Å². The van der Waals surface area contributed by atoms with Crippen LogP contribution in [0, 0.1) is 24.0 Å². The molecule has 2 rings (SSSR count). The SMILES string of the molecule is Cc1cc([N+](=O)[O-])c(C)cc1C1CN(C(=O)OC(C)(C)C)C1. The van der Waals surface area contributed by atoms with Gasteiger partial charge in [0, 0.05) is 30.6 Å². The van der Waals surface area contributed by atoms with Crippen molar-refractivity contribution in [2.24, 2.45) is 0 Å². The number of hydrogen-bond donors (Lipinski definition) is 0. The summed E-state index contributed by atoms with van der Waals surface area (Å²) in [5, 5.41) is 10.9. The van der Waals surface area contributed by atoms with Crippen LogP contribution in [0.2, 0.25) is 0 Å². The molecule has 6 heteroatoms. The number of ether oxygens (including phenoxy) is 1. The van der Waals surface area contributed by atoms with Crippen molar-refractivity contribution in [3.63, 3.8) is 0 Å². The summed E-state index contributed by atoms with van der Waals surface area (Å²) in [5.74, 6) is 0.215. The van der Waals surface area contributed by atoms with Crippen molar-refractivity contribution in [2.75, 3.05) is 13.1 Å². The van der Waals surface area contributed by atoms with Gasteiger partial charge in [0.25, 0.3) is 5.69 Å². The number of aryl methyl sites for hydroxylation is 2. The van der Waals surface area contributed by atoms with E-state index < -0.39 is 5.60 Å². The Labute approximate surface area is 130 Å². The van der Waals surface area contributed by atoms with E-state index in [0.29, 0.717) is 18.7 Å². The van der Waals surface area contributed by atoms with Gasteiger partial charge >= 0.3 is 6.09 Å². The molecule has 22 heavy (non-hydrogen) atoms. The Hall–Kier alpha value is -2.11. The van der Waals surface area contributed by atoms with Crippen molar-refractivity contribution in [3.05, 3.63) is 38.9 Å². The van der Waals surface area contributed by atoms with Crippen LogP contribution in [-0.2, 0) is 4.74 Å². The first kappa shape index (κ1) is 16.3. The van der Waals surface area contributed by atoms with Crippen LogP contribution in [-0.4, -0.2) is 34.6 Å². The van der Waals surface area contributed by atoms with Crippen molar-refractivity contribution in [2.45, 2.75) is 46.1 Å². The molecule has 1 aliphatic rings. The maximum Gasteiger partial charge on any atom is 0.410 e. The lowest BCUT2D eigenvalue weighted by atomic mass is 9.87. The molecule has 1 aliphatic heterocycles. The minimum absolute atomic E-state index is 0.143. The number of rotatable bonds is 2. The van der Waals surface area contributed by atoms with E-state index in [0.717, 1.165) is 11.1 Å². The number of carbonyl (C=O) groups excluding carboxylic acids is 1. The van der Waals surface area contributed by atoms with Gasteiger partial charge in [-0.15, -0.1) is 0 Å². The summed E-state index contributed by atoms with van der Waals surface area (Å²) in [7, 11) is 0. The van der Waals surface area contributed by atoms with E-state index in [2.05, 4.69) is 0 Å². The molecule has 120 valence electrons. The predicted octanol–water partition coefficient (Wildman–Crippen LogP) is 3.55. The second kappa shape index (κ2) is 5.59. The zero-order chi connectivity index (χ0) is 16.7. The molecule has 0 aliphatic carbocycles. The summed E-state index contributed by atoms with van der Waals surface area (Å²) in [6.07, 6.45) is -0.306. The Morgan fingerprint density at radius 3 is 2.36 bits per heavy atom.